The smallest absolute Gasteiger partial charge is 0.311 e. The first-order valence-corrected chi connectivity index (χ1v) is 6.27. The maximum Gasteiger partial charge on any atom is 0.311 e. The van der Waals surface area contributed by atoms with Gasteiger partial charge in [-0.15, -0.1) is 0 Å². The number of morpholine rings is 1. The number of H-pyrrole nitrogens is 1. The Hall–Kier alpha value is -1.89. The van der Waals surface area contributed by atoms with Gasteiger partial charge >= 0.3 is 5.97 Å². The number of carbonyl (C=O) groups is 1. The van der Waals surface area contributed by atoms with Crippen LogP contribution in [0, 0.1) is 0 Å². The Balaban J connectivity index is 2.21. The van der Waals surface area contributed by atoms with E-state index >= 15 is 0 Å². The van der Waals surface area contributed by atoms with Crippen molar-refractivity contribution < 1.29 is 14.6 Å². The minimum atomic E-state index is -1.02. The van der Waals surface area contributed by atoms with Crippen LogP contribution in [0.25, 0.3) is 0 Å². The van der Waals surface area contributed by atoms with Crippen molar-refractivity contribution in [1.82, 2.24) is 9.97 Å². The van der Waals surface area contributed by atoms with Gasteiger partial charge < -0.3 is 19.7 Å². The Morgan fingerprint density at radius 1 is 1.68 bits per heavy atom. The summed E-state index contributed by atoms with van der Waals surface area (Å²) in [5, 5.41) is 8.74. The van der Waals surface area contributed by atoms with Crippen LogP contribution in [0.5, 0.6) is 0 Å². The normalized spacial score (nSPS) is 19.4. The molecule has 1 aromatic heterocycles. The molecule has 0 aromatic carbocycles. The first-order valence-electron chi connectivity index (χ1n) is 6.27. The van der Waals surface area contributed by atoms with Crippen molar-refractivity contribution >= 4 is 11.8 Å². The van der Waals surface area contributed by atoms with Crippen LogP contribution < -0.4 is 10.5 Å². The number of nitrogens with zero attached hydrogens (tertiary/aromatic N) is 2. The van der Waals surface area contributed by atoms with Gasteiger partial charge in [0.15, 0.2) is 0 Å². The van der Waals surface area contributed by atoms with E-state index in [1.54, 1.807) is 0 Å². The topological polar surface area (TPSA) is 95.5 Å². The number of aromatic nitrogens is 2. The molecule has 7 nitrogen and oxygen atoms in total. The molecule has 1 unspecified atom stereocenters. The van der Waals surface area contributed by atoms with Gasteiger partial charge in [0, 0.05) is 19.2 Å². The molecule has 0 bridgehead atoms. The fourth-order valence-corrected chi connectivity index (χ4v) is 2.06. The lowest BCUT2D eigenvalue weighted by atomic mass is 10.2. The first kappa shape index (κ1) is 13.5. The van der Waals surface area contributed by atoms with Gasteiger partial charge in [0.2, 0.25) is 0 Å². The van der Waals surface area contributed by atoms with Gasteiger partial charge in [-0.05, 0) is 6.42 Å². The zero-order chi connectivity index (χ0) is 13.8. The minimum absolute atomic E-state index is 0.123. The van der Waals surface area contributed by atoms with Crippen LogP contribution in [0.2, 0.25) is 0 Å². The summed E-state index contributed by atoms with van der Waals surface area (Å²) in [5.41, 5.74) is -0.333. The standard InChI is InChI=1S/C12H17N3O4/c1-2-8-7-15(3-4-19-8)10-6-11(16)14-9(13-10)5-12(17)18/h6,8H,2-5,7H2,1H3,(H,17,18)(H,13,14,16). The lowest BCUT2D eigenvalue weighted by molar-refractivity contribution is -0.136. The van der Waals surface area contributed by atoms with Crippen molar-refractivity contribution in [3.63, 3.8) is 0 Å². The van der Waals surface area contributed by atoms with E-state index in [1.165, 1.54) is 6.07 Å². The molecule has 0 aliphatic carbocycles. The van der Waals surface area contributed by atoms with Crippen molar-refractivity contribution in [2.45, 2.75) is 25.9 Å². The van der Waals surface area contributed by atoms with E-state index in [1.807, 2.05) is 11.8 Å². The largest absolute Gasteiger partial charge is 0.481 e. The van der Waals surface area contributed by atoms with Crippen LogP contribution in [-0.4, -0.2) is 46.8 Å². The molecule has 1 atom stereocenters. The maximum absolute atomic E-state index is 11.5. The molecule has 0 saturated carbocycles. The Labute approximate surface area is 110 Å². The molecule has 0 radical (unpaired) electrons. The number of carboxylic acid groups (broad SMARTS) is 1. The summed E-state index contributed by atoms with van der Waals surface area (Å²) in [5.74, 6) is -0.329. The number of aromatic amines is 1. The molecule has 19 heavy (non-hydrogen) atoms. The second kappa shape index (κ2) is 5.83. The third kappa shape index (κ3) is 3.54. The zero-order valence-electron chi connectivity index (χ0n) is 10.8. The Kier molecular flexibility index (Phi) is 4.16. The van der Waals surface area contributed by atoms with Gasteiger partial charge in [0.25, 0.3) is 5.56 Å². The highest BCUT2D eigenvalue weighted by molar-refractivity contribution is 5.69. The molecule has 1 aliphatic heterocycles. The molecule has 2 heterocycles. The lowest BCUT2D eigenvalue weighted by Crippen LogP contribution is -2.43. The summed E-state index contributed by atoms with van der Waals surface area (Å²) in [4.78, 5) is 30.8. The molecule has 1 aliphatic rings. The number of hydrogen-bond acceptors (Lipinski definition) is 5. The molecule has 1 saturated heterocycles. The highest BCUT2D eigenvalue weighted by atomic mass is 16.5. The zero-order valence-corrected chi connectivity index (χ0v) is 10.8. The number of carboxylic acids is 1. The van der Waals surface area contributed by atoms with E-state index in [9.17, 15) is 9.59 Å². The summed E-state index contributed by atoms with van der Waals surface area (Å²) in [6, 6.07) is 1.39. The van der Waals surface area contributed by atoms with Gasteiger partial charge in [0.05, 0.1) is 12.7 Å². The average molecular weight is 267 g/mol. The Morgan fingerprint density at radius 3 is 3.16 bits per heavy atom. The van der Waals surface area contributed by atoms with Crippen molar-refractivity contribution in [1.29, 1.82) is 0 Å². The summed E-state index contributed by atoms with van der Waals surface area (Å²) >= 11 is 0. The molecule has 2 rings (SSSR count). The average Bonchev–Trinajstić information content (AvgIpc) is 2.37. The van der Waals surface area contributed by atoms with E-state index in [0.29, 0.717) is 25.5 Å². The predicted molar refractivity (Wildman–Crippen MR) is 68.4 cm³/mol. The van der Waals surface area contributed by atoms with Crippen LogP contribution in [0.1, 0.15) is 19.2 Å². The maximum atomic E-state index is 11.5. The minimum Gasteiger partial charge on any atom is -0.481 e. The van der Waals surface area contributed by atoms with Crippen molar-refractivity contribution in [2.24, 2.45) is 0 Å². The molecule has 0 spiro atoms. The second-order valence-electron chi connectivity index (χ2n) is 4.47. The van der Waals surface area contributed by atoms with Gasteiger partial charge in [0.1, 0.15) is 18.1 Å². The molecule has 0 amide bonds. The van der Waals surface area contributed by atoms with E-state index in [4.69, 9.17) is 9.84 Å². The third-order valence-electron chi connectivity index (χ3n) is 3.01. The number of rotatable bonds is 4. The second-order valence-corrected chi connectivity index (χ2v) is 4.47. The van der Waals surface area contributed by atoms with Gasteiger partial charge in [-0.2, -0.15) is 0 Å². The fourth-order valence-electron chi connectivity index (χ4n) is 2.06. The molecule has 104 valence electrons. The summed E-state index contributed by atoms with van der Waals surface area (Å²) < 4.78 is 5.55. The fraction of sp³-hybridized carbons (Fsp3) is 0.583. The lowest BCUT2D eigenvalue weighted by Gasteiger charge is -2.33. The van der Waals surface area contributed by atoms with E-state index in [2.05, 4.69) is 9.97 Å². The van der Waals surface area contributed by atoms with Crippen molar-refractivity contribution in [3.8, 4) is 0 Å². The van der Waals surface area contributed by atoms with Crippen LogP contribution in [-0.2, 0) is 16.0 Å². The molecular formula is C12H17N3O4. The van der Waals surface area contributed by atoms with Crippen molar-refractivity contribution in [2.75, 3.05) is 24.6 Å². The summed E-state index contributed by atoms with van der Waals surface area (Å²) in [6.07, 6.45) is 0.726. The number of ether oxygens (including phenoxy) is 1. The highest BCUT2D eigenvalue weighted by Gasteiger charge is 2.21. The number of anilines is 1. The van der Waals surface area contributed by atoms with Crippen LogP contribution in [0.3, 0.4) is 0 Å². The Bertz CT molecular complexity index is 514. The highest BCUT2D eigenvalue weighted by Crippen LogP contribution is 2.15. The SMILES string of the molecule is CCC1CN(c2cc(=O)[nH]c(CC(=O)O)n2)CCO1. The molecule has 2 N–H and O–H groups in total. The number of aliphatic carboxylic acids is 1. The number of nitrogens with one attached hydrogen (secondary N) is 1. The first-order chi connectivity index (χ1) is 9.08. The van der Waals surface area contributed by atoms with Gasteiger partial charge in [-0.25, -0.2) is 4.98 Å². The van der Waals surface area contributed by atoms with Crippen LogP contribution in [0.4, 0.5) is 5.82 Å². The molecule has 7 heteroatoms. The van der Waals surface area contributed by atoms with E-state index in [-0.39, 0.29) is 23.9 Å². The van der Waals surface area contributed by atoms with Crippen LogP contribution in [0.15, 0.2) is 10.9 Å². The third-order valence-corrected chi connectivity index (χ3v) is 3.01. The molecular weight excluding hydrogens is 250 g/mol. The quantitative estimate of drug-likeness (QED) is 0.798. The van der Waals surface area contributed by atoms with Crippen molar-refractivity contribution in [3.05, 3.63) is 22.2 Å². The Morgan fingerprint density at radius 2 is 2.47 bits per heavy atom. The monoisotopic (exact) mass is 267 g/mol. The summed E-state index contributed by atoms with van der Waals surface area (Å²) in [7, 11) is 0. The van der Waals surface area contributed by atoms with E-state index in [0.717, 1.165) is 6.42 Å². The number of hydrogen-bond donors (Lipinski definition) is 2. The van der Waals surface area contributed by atoms with Gasteiger partial charge in [-0.3, -0.25) is 9.59 Å². The predicted octanol–water partition coefficient (Wildman–Crippen LogP) is 0.0122. The van der Waals surface area contributed by atoms with Crippen LogP contribution >= 0.6 is 0 Å². The summed E-state index contributed by atoms with van der Waals surface area (Å²) in [6.45, 7) is 3.94. The molecule has 1 aromatic rings. The molecule has 1 fully saturated rings. The van der Waals surface area contributed by atoms with E-state index < -0.39 is 5.97 Å². The van der Waals surface area contributed by atoms with Gasteiger partial charge in [-0.1, -0.05) is 6.92 Å².